The monoisotopic (exact) mass is 274 g/mol. The minimum Gasteiger partial charge on any atom is -0.385 e. The summed E-state index contributed by atoms with van der Waals surface area (Å²) in [5.41, 5.74) is 0. The van der Waals surface area contributed by atoms with E-state index in [1.54, 1.807) is 21.3 Å². The highest BCUT2D eigenvalue weighted by Crippen LogP contribution is 2.26. The van der Waals surface area contributed by atoms with Crippen molar-refractivity contribution in [3.8, 4) is 0 Å². The molecule has 0 aliphatic carbocycles. The molecule has 0 aromatic heterocycles. The van der Waals surface area contributed by atoms with Gasteiger partial charge in [-0.15, -0.1) is 0 Å². The second kappa shape index (κ2) is 12.9. The van der Waals surface area contributed by atoms with Gasteiger partial charge in [-0.25, -0.2) is 0 Å². The highest BCUT2D eigenvalue weighted by atomic mass is 16.7. The second-order valence-corrected chi connectivity index (χ2v) is 5.29. The number of ether oxygens (including phenoxy) is 3. The molecule has 0 rings (SSSR count). The molecule has 0 saturated heterocycles. The Bertz CT molecular complexity index is 179. The second-order valence-electron chi connectivity index (χ2n) is 5.29. The number of unbranched alkanes of at least 4 members (excludes halogenated alkanes) is 6. The van der Waals surface area contributed by atoms with Gasteiger partial charge in [0.05, 0.1) is 0 Å². The van der Waals surface area contributed by atoms with E-state index in [1.807, 2.05) is 0 Å². The Kier molecular flexibility index (Phi) is 12.8. The third-order valence-corrected chi connectivity index (χ3v) is 3.81. The zero-order valence-corrected chi connectivity index (χ0v) is 13.5. The lowest BCUT2D eigenvalue weighted by molar-refractivity contribution is -0.217. The van der Waals surface area contributed by atoms with Crippen molar-refractivity contribution in [1.29, 1.82) is 0 Å². The van der Waals surface area contributed by atoms with Crippen LogP contribution in [0.4, 0.5) is 0 Å². The maximum atomic E-state index is 5.60. The molecular weight excluding hydrogens is 240 g/mol. The van der Waals surface area contributed by atoms with Crippen LogP contribution in [-0.2, 0) is 14.2 Å². The summed E-state index contributed by atoms with van der Waals surface area (Å²) in [5, 5.41) is 0. The molecule has 0 atom stereocenters. The van der Waals surface area contributed by atoms with E-state index in [4.69, 9.17) is 14.2 Å². The summed E-state index contributed by atoms with van der Waals surface area (Å²) in [5.74, 6) is -0.401. The number of methoxy groups -OCH3 is 3. The van der Waals surface area contributed by atoms with Crippen LogP contribution in [0.1, 0.15) is 71.1 Å². The first-order valence-electron chi connectivity index (χ1n) is 7.84. The molecule has 0 aliphatic heterocycles. The van der Waals surface area contributed by atoms with E-state index in [-0.39, 0.29) is 0 Å². The topological polar surface area (TPSA) is 27.7 Å². The summed E-state index contributed by atoms with van der Waals surface area (Å²) in [6, 6.07) is 0. The standard InChI is InChI=1S/C16H34O3/c1-5-6-7-8-9-10-11-13-16(18-3,19-4)14-12-15-17-2/h5-15H2,1-4H3. The van der Waals surface area contributed by atoms with Gasteiger partial charge >= 0.3 is 0 Å². The maximum absolute atomic E-state index is 5.60. The maximum Gasteiger partial charge on any atom is 0.167 e. The lowest BCUT2D eigenvalue weighted by Gasteiger charge is -2.31. The van der Waals surface area contributed by atoms with Crippen molar-refractivity contribution in [2.45, 2.75) is 76.9 Å². The van der Waals surface area contributed by atoms with Gasteiger partial charge in [0.25, 0.3) is 0 Å². The van der Waals surface area contributed by atoms with Gasteiger partial charge in [0.15, 0.2) is 5.79 Å². The summed E-state index contributed by atoms with van der Waals surface area (Å²) in [6.45, 7) is 3.02. The van der Waals surface area contributed by atoms with Gasteiger partial charge in [-0.05, 0) is 12.8 Å². The quantitative estimate of drug-likeness (QED) is 0.344. The van der Waals surface area contributed by atoms with Crippen LogP contribution in [-0.4, -0.2) is 33.7 Å². The van der Waals surface area contributed by atoms with Crippen molar-refractivity contribution >= 4 is 0 Å². The lowest BCUT2D eigenvalue weighted by atomic mass is 10.0. The third kappa shape index (κ3) is 9.42. The van der Waals surface area contributed by atoms with Gasteiger partial charge in [-0.3, -0.25) is 0 Å². The average molecular weight is 274 g/mol. The van der Waals surface area contributed by atoms with E-state index in [0.29, 0.717) is 0 Å². The molecule has 0 amide bonds. The summed E-state index contributed by atoms with van der Waals surface area (Å²) in [4.78, 5) is 0. The molecule has 116 valence electrons. The molecule has 3 heteroatoms. The van der Waals surface area contributed by atoms with Crippen LogP contribution in [0.2, 0.25) is 0 Å². The fraction of sp³-hybridized carbons (Fsp3) is 1.00. The molecule has 0 aromatic carbocycles. The molecule has 0 heterocycles. The van der Waals surface area contributed by atoms with E-state index in [1.165, 1.54) is 44.9 Å². The van der Waals surface area contributed by atoms with Crippen molar-refractivity contribution in [3.63, 3.8) is 0 Å². The Morgan fingerprint density at radius 1 is 0.684 bits per heavy atom. The van der Waals surface area contributed by atoms with Crippen LogP contribution >= 0.6 is 0 Å². The van der Waals surface area contributed by atoms with Gasteiger partial charge in [-0.1, -0.05) is 45.4 Å². The predicted octanol–water partition coefficient (Wildman–Crippen LogP) is 4.54. The highest BCUT2D eigenvalue weighted by molar-refractivity contribution is 4.69. The van der Waals surface area contributed by atoms with E-state index >= 15 is 0 Å². The SMILES string of the molecule is CCCCCCCCCC(CCCOC)(OC)OC. The van der Waals surface area contributed by atoms with Crippen molar-refractivity contribution in [2.75, 3.05) is 27.9 Å². The normalized spacial score (nSPS) is 12.0. The van der Waals surface area contributed by atoms with Crippen molar-refractivity contribution in [2.24, 2.45) is 0 Å². The van der Waals surface area contributed by atoms with Crippen molar-refractivity contribution in [1.82, 2.24) is 0 Å². The van der Waals surface area contributed by atoms with Crippen molar-refractivity contribution < 1.29 is 14.2 Å². The Labute approximate surface area is 120 Å². The number of hydrogen-bond donors (Lipinski definition) is 0. The Morgan fingerprint density at radius 2 is 1.21 bits per heavy atom. The third-order valence-electron chi connectivity index (χ3n) is 3.81. The van der Waals surface area contributed by atoms with Gasteiger partial charge in [0.1, 0.15) is 0 Å². The van der Waals surface area contributed by atoms with Crippen LogP contribution in [0.25, 0.3) is 0 Å². The van der Waals surface area contributed by atoms with Crippen LogP contribution in [0.15, 0.2) is 0 Å². The van der Waals surface area contributed by atoms with Crippen molar-refractivity contribution in [3.05, 3.63) is 0 Å². The molecule has 0 radical (unpaired) electrons. The molecule has 0 spiro atoms. The molecule has 19 heavy (non-hydrogen) atoms. The fourth-order valence-electron chi connectivity index (χ4n) is 2.45. The molecule has 0 aromatic rings. The van der Waals surface area contributed by atoms with Crippen LogP contribution < -0.4 is 0 Å². The first kappa shape index (κ1) is 18.9. The zero-order chi connectivity index (χ0) is 14.4. The minimum absolute atomic E-state index is 0.401. The molecule has 0 aliphatic rings. The summed E-state index contributed by atoms with van der Waals surface area (Å²) < 4.78 is 16.3. The predicted molar refractivity (Wildman–Crippen MR) is 80.5 cm³/mol. The minimum atomic E-state index is -0.401. The van der Waals surface area contributed by atoms with Crippen LogP contribution in [0.5, 0.6) is 0 Å². The highest BCUT2D eigenvalue weighted by Gasteiger charge is 2.28. The van der Waals surface area contributed by atoms with Gasteiger partial charge in [-0.2, -0.15) is 0 Å². The van der Waals surface area contributed by atoms with Gasteiger partial charge in [0.2, 0.25) is 0 Å². The molecule has 0 fully saturated rings. The Morgan fingerprint density at radius 3 is 1.74 bits per heavy atom. The fourth-order valence-corrected chi connectivity index (χ4v) is 2.45. The molecular formula is C16H34O3. The number of hydrogen-bond acceptors (Lipinski definition) is 3. The van der Waals surface area contributed by atoms with E-state index < -0.39 is 5.79 Å². The first-order valence-corrected chi connectivity index (χ1v) is 7.84. The van der Waals surface area contributed by atoms with E-state index in [0.717, 1.165) is 25.9 Å². The summed E-state index contributed by atoms with van der Waals surface area (Å²) in [7, 11) is 5.23. The molecule has 0 bridgehead atoms. The zero-order valence-electron chi connectivity index (χ0n) is 13.5. The summed E-state index contributed by atoms with van der Waals surface area (Å²) >= 11 is 0. The molecule has 0 N–H and O–H groups in total. The molecule has 0 unspecified atom stereocenters. The molecule has 3 nitrogen and oxygen atoms in total. The van der Waals surface area contributed by atoms with Crippen LogP contribution in [0.3, 0.4) is 0 Å². The Balaban J connectivity index is 3.74. The molecule has 0 saturated carbocycles. The Hall–Kier alpha value is -0.120. The largest absolute Gasteiger partial charge is 0.385 e. The number of rotatable bonds is 14. The van der Waals surface area contributed by atoms with E-state index in [2.05, 4.69) is 6.92 Å². The smallest absolute Gasteiger partial charge is 0.167 e. The first-order chi connectivity index (χ1) is 9.24. The lowest BCUT2D eigenvalue weighted by Crippen LogP contribution is -2.34. The van der Waals surface area contributed by atoms with Gasteiger partial charge in [0, 0.05) is 40.8 Å². The van der Waals surface area contributed by atoms with E-state index in [9.17, 15) is 0 Å². The van der Waals surface area contributed by atoms with Crippen LogP contribution in [0, 0.1) is 0 Å². The van der Waals surface area contributed by atoms with Gasteiger partial charge < -0.3 is 14.2 Å². The average Bonchev–Trinajstić information content (AvgIpc) is 2.45. The summed E-state index contributed by atoms with van der Waals surface area (Å²) in [6.07, 6.45) is 12.1.